The number of aliphatic carboxylic acids is 1. The number of nitrogens with zero attached hydrogens (tertiary/aromatic N) is 1. The van der Waals surface area contributed by atoms with Crippen LogP contribution < -0.4 is 10.1 Å². The molecule has 0 bridgehead atoms. The summed E-state index contributed by atoms with van der Waals surface area (Å²) in [5.74, 6) is -1.23. The molecule has 2 rings (SSSR count). The molecular weight excluding hydrogens is 372 g/mol. The molecule has 9 heteroatoms. The second-order valence-electron chi connectivity index (χ2n) is 7.21. The van der Waals surface area contributed by atoms with E-state index >= 15 is 0 Å². The van der Waals surface area contributed by atoms with Gasteiger partial charge in [-0.3, -0.25) is 9.59 Å². The van der Waals surface area contributed by atoms with Crippen molar-refractivity contribution in [2.24, 2.45) is 0 Å². The lowest BCUT2D eigenvalue weighted by molar-refractivity contribution is -0.137. The number of sulfonamides is 1. The Morgan fingerprint density at radius 1 is 1.26 bits per heavy atom. The Bertz CT molecular complexity index is 813. The molecule has 8 nitrogen and oxygen atoms in total. The molecular formula is C18H26N2O6S. The van der Waals surface area contributed by atoms with Crippen LogP contribution in [-0.2, 0) is 14.8 Å². The second kappa shape index (κ2) is 8.26. The maximum atomic E-state index is 12.9. The lowest BCUT2D eigenvalue weighted by atomic mass is 9.97. The number of amides is 1. The molecule has 0 spiro atoms. The molecule has 0 aliphatic carbocycles. The average Bonchev–Trinajstić information content (AvgIpc) is 3.14. The molecule has 1 amide bonds. The van der Waals surface area contributed by atoms with Gasteiger partial charge in [0, 0.05) is 30.6 Å². The van der Waals surface area contributed by atoms with Crippen molar-refractivity contribution in [1.29, 1.82) is 0 Å². The highest BCUT2D eigenvalue weighted by atomic mass is 32.2. The molecule has 27 heavy (non-hydrogen) atoms. The summed E-state index contributed by atoms with van der Waals surface area (Å²) in [4.78, 5) is 23.3. The molecule has 0 unspecified atom stereocenters. The van der Waals surface area contributed by atoms with Gasteiger partial charge in [-0.1, -0.05) is 0 Å². The van der Waals surface area contributed by atoms with E-state index in [1.807, 2.05) is 0 Å². The lowest BCUT2D eigenvalue weighted by Crippen LogP contribution is -2.43. The van der Waals surface area contributed by atoms with E-state index in [9.17, 15) is 18.0 Å². The summed E-state index contributed by atoms with van der Waals surface area (Å²) in [6.45, 7) is 4.34. The lowest BCUT2D eigenvalue weighted by Gasteiger charge is -2.26. The molecule has 1 fully saturated rings. The maximum Gasteiger partial charge on any atom is 0.303 e. The minimum Gasteiger partial charge on any atom is -0.495 e. The Hall–Kier alpha value is -2.13. The van der Waals surface area contributed by atoms with E-state index in [1.165, 1.54) is 29.6 Å². The first-order valence-electron chi connectivity index (χ1n) is 8.79. The molecule has 1 aromatic carbocycles. The number of hydrogen-bond acceptors (Lipinski definition) is 5. The predicted molar refractivity (Wildman–Crippen MR) is 99.4 cm³/mol. The van der Waals surface area contributed by atoms with Crippen LogP contribution in [0.15, 0.2) is 23.1 Å². The van der Waals surface area contributed by atoms with Gasteiger partial charge in [0.25, 0.3) is 5.91 Å². The third-order valence-electron chi connectivity index (χ3n) is 4.52. The molecule has 150 valence electrons. The Labute approximate surface area is 159 Å². The number of benzene rings is 1. The molecule has 1 aliphatic rings. The van der Waals surface area contributed by atoms with Crippen LogP contribution in [0, 0.1) is 0 Å². The molecule has 0 aromatic heterocycles. The summed E-state index contributed by atoms with van der Waals surface area (Å²) >= 11 is 0. The molecule has 2 N–H and O–H groups in total. The quantitative estimate of drug-likeness (QED) is 0.691. The molecule has 1 aliphatic heterocycles. The van der Waals surface area contributed by atoms with Gasteiger partial charge < -0.3 is 15.2 Å². The summed E-state index contributed by atoms with van der Waals surface area (Å²) in [6, 6.07) is 4.27. The molecule has 1 heterocycles. The molecule has 1 aromatic rings. The van der Waals surface area contributed by atoms with Crippen LogP contribution in [0.25, 0.3) is 0 Å². The minimum absolute atomic E-state index is 0.0390. The van der Waals surface area contributed by atoms with Crippen LogP contribution in [0.3, 0.4) is 0 Å². The zero-order valence-electron chi connectivity index (χ0n) is 15.8. The topological polar surface area (TPSA) is 113 Å². The summed E-state index contributed by atoms with van der Waals surface area (Å²) < 4.78 is 32.4. The summed E-state index contributed by atoms with van der Waals surface area (Å²) in [6.07, 6.45) is 1.78. The van der Waals surface area contributed by atoms with Crippen LogP contribution in [0.1, 0.15) is 49.9 Å². The maximum absolute atomic E-state index is 12.9. The number of carbonyl (C=O) groups excluding carboxylic acids is 1. The van der Waals surface area contributed by atoms with Gasteiger partial charge in [-0.05, 0) is 51.3 Å². The second-order valence-corrected chi connectivity index (χ2v) is 9.11. The zero-order valence-corrected chi connectivity index (χ0v) is 16.6. The van der Waals surface area contributed by atoms with Crippen molar-refractivity contribution in [2.75, 3.05) is 20.2 Å². The average molecular weight is 398 g/mol. The number of methoxy groups -OCH3 is 1. The molecule has 1 saturated heterocycles. The highest BCUT2D eigenvalue weighted by Gasteiger charge is 2.31. The van der Waals surface area contributed by atoms with Crippen molar-refractivity contribution in [3.8, 4) is 5.75 Å². The molecule has 0 saturated carbocycles. The SMILES string of the molecule is COc1ccc(C(=O)NC(C)(C)CCC(=O)O)cc1S(=O)(=O)N1CCCC1. The van der Waals surface area contributed by atoms with Gasteiger partial charge in [0.2, 0.25) is 10.0 Å². The monoisotopic (exact) mass is 398 g/mol. The Kier molecular flexibility index (Phi) is 6.48. The van der Waals surface area contributed by atoms with E-state index < -0.39 is 27.4 Å². The Morgan fingerprint density at radius 2 is 1.89 bits per heavy atom. The van der Waals surface area contributed by atoms with Crippen molar-refractivity contribution in [3.05, 3.63) is 23.8 Å². The van der Waals surface area contributed by atoms with Crippen molar-refractivity contribution < 1.29 is 27.9 Å². The zero-order chi connectivity index (χ0) is 20.2. The van der Waals surface area contributed by atoms with Crippen LogP contribution in [0.4, 0.5) is 0 Å². The molecule has 0 radical (unpaired) electrons. The number of carbonyl (C=O) groups is 2. The number of hydrogen-bond donors (Lipinski definition) is 2. The fourth-order valence-electron chi connectivity index (χ4n) is 2.95. The number of ether oxygens (including phenoxy) is 1. The highest BCUT2D eigenvalue weighted by Crippen LogP contribution is 2.30. The van der Waals surface area contributed by atoms with E-state index in [1.54, 1.807) is 13.8 Å². The van der Waals surface area contributed by atoms with Gasteiger partial charge in [-0.2, -0.15) is 4.31 Å². The van der Waals surface area contributed by atoms with E-state index in [0.29, 0.717) is 13.1 Å². The van der Waals surface area contributed by atoms with Gasteiger partial charge in [0.1, 0.15) is 10.6 Å². The van der Waals surface area contributed by atoms with Gasteiger partial charge in [0.05, 0.1) is 7.11 Å². The van der Waals surface area contributed by atoms with Gasteiger partial charge in [-0.15, -0.1) is 0 Å². The van der Waals surface area contributed by atoms with Crippen LogP contribution in [0.5, 0.6) is 5.75 Å². The Morgan fingerprint density at radius 3 is 2.44 bits per heavy atom. The fraction of sp³-hybridized carbons (Fsp3) is 0.556. The number of nitrogens with one attached hydrogen (secondary N) is 1. The molecule has 0 atom stereocenters. The number of carboxylic acid groups (broad SMARTS) is 1. The predicted octanol–water partition coefficient (Wildman–Crippen LogP) is 1.85. The van der Waals surface area contributed by atoms with Crippen molar-refractivity contribution in [1.82, 2.24) is 9.62 Å². The standard InChI is InChI=1S/C18H26N2O6S/c1-18(2,9-8-16(21)22)19-17(23)13-6-7-14(26-3)15(12-13)27(24,25)20-10-4-5-11-20/h6-7,12H,4-5,8-11H2,1-3H3,(H,19,23)(H,21,22). The van der Waals surface area contributed by atoms with Crippen molar-refractivity contribution >= 4 is 21.9 Å². The van der Waals surface area contributed by atoms with E-state index in [0.717, 1.165) is 12.8 Å². The smallest absolute Gasteiger partial charge is 0.303 e. The van der Waals surface area contributed by atoms with Crippen molar-refractivity contribution in [3.63, 3.8) is 0 Å². The summed E-state index contributed by atoms with van der Waals surface area (Å²) in [7, 11) is -2.37. The summed E-state index contributed by atoms with van der Waals surface area (Å²) in [5, 5.41) is 11.6. The van der Waals surface area contributed by atoms with Crippen LogP contribution >= 0.6 is 0 Å². The third-order valence-corrected chi connectivity index (χ3v) is 6.44. The van der Waals surface area contributed by atoms with Gasteiger partial charge in [-0.25, -0.2) is 8.42 Å². The third kappa shape index (κ3) is 5.20. The van der Waals surface area contributed by atoms with E-state index in [2.05, 4.69) is 5.32 Å². The fourth-order valence-corrected chi connectivity index (χ4v) is 4.65. The van der Waals surface area contributed by atoms with Gasteiger partial charge in [0.15, 0.2) is 0 Å². The first-order chi connectivity index (χ1) is 12.6. The van der Waals surface area contributed by atoms with E-state index in [4.69, 9.17) is 9.84 Å². The number of rotatable bonds is 8. The van der Waals surface area contributed by atoms with Gasteiger partial charge >= 0.3 is 5.97 Å². The van der Waals surface area contributed by atoms with Crippen LogP contribution in [-0.4, -0.2) is 55.4 Å². The minimum atomic E-state index is -3.75. The van der Waals surface area contributed by atoms with Crippen molar-refractivity contribution in [2.45, 2.75) is 50.0 Å². The highest BCUT2D eigenvalue weighted by molar-refractivity contribution is 7.89. The largest absolute Gasteiger partial charge is 0.495 e. The summed E-state index contributed by atoms with van der Waals surface area (Å²) in [5.41, 5.74) is -0.569. The first-order valence-corrected chi connectivity index (χ1v) is 10.2. The first kappa shape index (κ1) is 21.2. The normalized spacial score (nSPS) is 15.5. The van der Waals surface area contributed by atoms with E-state index in [-0.39, 0.29) is 29.1 Å². The Balaban J connectivity index is 2.28. The van der Waals surface area contributed by atoms with Crippen LogP contribution in [0.2, 0.25) is 0 Å². The number of carboxylic acids is 1.